The number of ether oxygens (including phenoxy) is 2. The van der Waals surface area contributed by atoms with Crippen molar-refractivity contribution in [2.24, 2.45) is 0 Å². The summed E-state index contributed by atoms with van der Waals surface area (Å²) in [6.07, 6.45) is 2.40. The van der Waals surface area contributed by atoms with E-state index in [0.29, 0.717) is 13.0 Å². The average Bonchev–Trinajstić information content (AvgIpc) is 3.42. The fourth-order valence-corrected chi connectivity index (χ4v) is 4.19. The molecule has 1 aliphatic heterocycles. The first-order valence-corrected chi connectivity index (χ1v) is 10.5. The molecule has 4 aromatic rings. The summed E-state index contributed by atoms with van der Waals surface area (Å²) in [5.74, 6) is 1.44. The minimum absolute atomic E-state index is 0.00875. The highest BCUT2D eigenvalue weighted by Gasteiger charge is 2.22. The first kappa shape index (κ1) is 19.2. The number of aryl methyl sites for hydroxylation is 1. The highest BCUT2D eigenvalue weighted by molar-refractivity contribution is 5.86. The molecule has 0 fully saturated rings. The number of nitrogens with one attached hydrogen (secondary N) is 2. The Bertz CT molecular complexity index is 1240. The maximum atomic E-state index is 13.0. The van der Waals surface area contributed by atoms with E-state index in [2.05, 4.69) is 53.6 Å². The Labute approximate surface area is 181 Å². The van der Waals surface area contributed by atoms with Crippen molar-refractivity contribution in [3.63, 3.8) is 0 Å². The Hall–Kier alpha value is -3.73. The quantitative estimate of drug-likeness (QED) is 0.466. The van der Waals surface area contributed by atoms with E-state index in [9.17, 15) is 4.79 Å². The third-order valence-electron chi connectivity index (χ3n) is 5.76. The third-order valence-corrected chi connectivity index (χ3v) is 5.76. The third kappa shape index (κ3) is 3.99. The number of aromatic nitrogens is 1. The van der Waals surface area contributed by atoms with Gasteiger partial charge in [0.1, 0.15) is 0 Å². The number of H-pyrrole nitrogens is 1. The number of rotatable bonds is 6. The van der Waals surface area contributed by atoms with E-state index in [4.69, 9.17) is 9.47 Å². The van der Waals surface area contributed by atoms with Crippen molar-refractivity contribution in [2.45, 2.75) is 25.8 Å². The molecule has 1 amide bonds. The molecule has 0 saturated heterocycles. The zero-order valence-electron chi connectivity index (χ0n) is 17.4. The molecule has 0 bridgehead atoms. The smallest absolute Gasteiger partial charge is 0.231 e. The van der Waals surface area contributed by atoms with Crippen molar-refractivity contribution in [3.8, 4) is 11.5 Å². The molecule has 1 aliphatic rings. The number of amides is 1. The molecule has 0 spiro atoms. The summed E-state index contributed by atoms with van der Waals surface area (Å²) in [6, 6.07) is 22.4. The van der Waals surface area contributed by atoms with Gasteiger partial charge in [0.15, 0.2) is 11.5 Å². The predicted molar refractivity (Wildman–Crippen MR) is 120 cm³/mol. The van der Waals surface area contributed by atoms with Gasteiger partial charge in [0.05, 0.1) is 0 Å². The van der Waals surface area contributed by atoms with Crippen molar-refractivity contribution in [1.82, 2.24) is 10.3 Å². The molecule has 2 heterocycles. The van der Waals surface area contributed by atoms with E-state index in [0.717, 1.165) is 39.1 Å². The average molecular weight is 412 g/mol. The highest BCUT2D eigenvalue weighted by atomic mass is 16.7. The van der Waals surface area contributed by atoms with Crippen LogP contribution in [0, 0.1) is 6.92 Å². The van der Waals surface area contributed by atoms with Crippen molar-refractivity contribution >= 4 is 16.8 Å². The lowest BCUT2D eigenvalue weighted by Gasteiger charge is -2.18. The van der Waals surface area contributed by atoms with Gasteiger partial charge in [-0.2, -0.15) is 0 Å². The molecule has 0 saturated carbocycles. The van der Waals surface area contributed by atoms with Crippen molar-refractivity contribution in [1.29, 1.82) is 0 Å². The number of hydrogen-bond acceptors (Lipinski definition) is 3. The monoisotopic (exact) mass is 412 g/mol. The molecule has 1 aromatic heterocycles. The fraction of sp³-hybridized carbons (Fsp3) is 0.192. The van der Waals surface area contributed by atoms with Gasteiger partial charge in [-0.15, -0.1) is 0 Å². The van der Waals surface area contributed by atoms with Crippen LogP contribution in [0.25, 0.3) is 10.9 Å². The van der Waals surface area contributed by atoms with Crippen LogP contribution in [0.3, 0.4) is 0 Å². The zero-order chi connectivity index (χ0) is 21.2. The van der Waals surface area contributed by atoms with Crippen LogP contribution >= 0.6 is 0 Å². The molecule has 3 aromatic carbocycles. The lowest BCUT2D eigenvalue weighted by Crippen LogP contribution is -2.25. The maximum absolute atomic E-state index is 13.0. The molecule has 31 heavy (non-hydrogen) atoms. The van der Waals surface area contributed by atoms with Gasteiger partial charge < -0.3 is 19.8 Å². The summed E-state index contributed by atoms with van der Waals surface area (Å²) >= 11 is 0. The zero-order valence-corrected chi connectivity index (χ0v) is 17.4. The first-order chi connectivity index (χ1) is 15.2. The Kier molecular flexibility index (Phi) is 5.08. The standard InChI is InChI=1S/C26H24N2O3/c1-17-5-4-6-19(11-17)21(22-15-27-23-8-3-2-7-20(22)23)13-26(29)28-14-18-9-10-24-25(12-18)31-16-30-24/h2-12,15,21,27H,13-14,16H2,1H3,(H,28,29). The van der Waals surface area contributed by atoms with E-state index >= 15 is 0 Å². The number of fused-ring (bicyclic) bond motifs is 2. The van der Waals surface area contributed by atoms with Crippen molar-refractivity contribution < 1.29 is 14.3 Å². The molecule has 5 rings (SSSR count). The molecular formula is C26H24N2O3. The van der Waals surface area contributed by atoms with Crippen LogP contribution in [-0.4, -0.2) is 17.7 Å². The second kappa shape index (κ2) is 8.19. The number of benzene rings is 3. The summed E-state index contributed by atoms with van der Waals surface area (Å²) in [7, 11) is 0. The van der Waals surface area contributed by atoms with Crippen LogP contribution in [0.2, 0.25) is 0 Å². The summed E-state index contributed by atoms with van der Waals surface area (Å²) < 4.78 is 10.8. The lowest BCUT2D eigenvalue weighted by atomic mass is 9.87. The Morgan fingerprint density at radius 1 is 1.03 bits per heavy atom. The van der Waals surface area contributed by atoms with Crippen LogP contribution in [0.5, 0.6) is 11.5 Å². The number of para-hydroxylation sites is 1. The van der Waals surface area contributed by atoms with E-state index in [1.54, 1.807) is 0 Å². The van der Waals surface area contributed by atoms with Gasteiger partial charge in [-0.1, -0.05) is 54.1 Å². The number of aromatic amines is 1. The van der Waals surface area contributed by atoms with Gasteiger partial charge in [0.25, 0.3) is 0 Å². The normalized spacial score (nSPS) is 13.3. The number of hydrogen-bond donors (Lipinski definition) is 2. The Morgan fingerprint density at radius 2 is 1.90 bits per heavy atom. The molecule has 156 valence electrons. The van der Waals surface area contributed by atoms with Gasteiger partial charge in [0, 0.05) is 36.0 Å². The summed E-state index contributed by atoms with van der Waals surface area (Å²) in [5, 5.41) is 4.22. The Balaban J connectivity index is 1.37. The predicted octanol–water partition coefficient (Wildman–Crippen LogP) is 5.04. The maximum Gasteiger partial charge on any atom is 0.231 e. The molecule has 1 atom stereocenters. The van der Waals surface area contributed by atoms with Gasteiger partial charge in [0.2, 0.25) is 12.7 Å². The number of carbonyl (C=O) groups excluding carboxylic acids is 1. The van der Waals surface area contributed by atoms with Crippen molar-refractivity contribution in [2.75, 3.05) is 6.79 Å². The van der Waals surface area contributed by atoms with Crippen LogP contribution in [-0.2, 0) is 11.3 Å². The topological polar surface area (TPSA) is 63.4 Å². The van der Waals surface area contributed by atoms with Crippen LogP contribution in [0.4, 0.5) is 0 Å². The second-order valence-electron chi connectivity index (χ2n) is 7.92. The molecule has 2 N–H and O–H groups in total. The summed E-state index contributed by atoms with van der Waals surface area (Å²) in [4.78, 5) is 16.3. The van der Waals surface area contributed by atoms with Gasteiger partial charge in [-0.05, 0) is 41.8 Å². The van der Waals surface area contributed by atoms with E-state index < -0.39 is 0 Å². The van der Waals surface area contributed by atoms with Crippen LogP contribution in [0.1, 0.15) is 34.6 Å². The SMILES string of the molecule is Cc1cccc(C(CC(=O)NCc2ccc3c(c2)OCO3)c2c[nH]c3ccccc23)c1. The number of carbonyl (C=O) groups is 1. The largest absolute Gasteiger partial charge is 0.454 e. The summed E-state index contributed by atoms with van der Waals surface area (Å²) in [5.41, 5.74) is 5.53. The molecule has 5 nitrogen and oxygen atoms in total. The van der Waals surface area contributed by atoms with Gasteiger partial charge in [-0.3, -0.25) is 4.79 Å². The Morgan fingerprint density at radius 3 is 2.81 bits per heavy atom. The van der Waals surface area contributed by atoms with Crippen LogP contribution in [0.15, 0.2) is 72.9 Å². The molecule has 0 aliphatic carbocycles. The van der Waals surface area contributed by atoms with Crippen LogP contribution < -0.4 is 14.8 Å². The van der Waals surface area contributed by atoms with Crippen molar-refractivity contribution in [3.05, 3.63) is 95.2 Å². The van der Waals surface area contributed by atoms with E-state index in [1.807, 2.05) is 36.5 Å². The van der Waals surface area contributed by atoms with Gasteiger partial charge in [-0.25, -0.2) is 0 Å². The minimum Gasteiger partial charge on any atom is -0.454 e. The summed E-state index contributed by atoms with van der Waals surface area (Å²) in [6.45, 7) is 2.77. The second-order valence-corrected chi connectivity index (χ2v) is 7.92. The highest BCUT2D eigenvalue weighted by Crippen LogP contribution is 2.34. The van der Waals surface area contributed by atoms with E-state index in [-0.39, 0.29) is 18.6 Å². The molecule has 5 heteroatoms. The molecule has 0 radical (unpaired) electrons. The first-order valence-electron chi connectivity index (χ1n) is 10.5. The molecule has 1 unspecified atom stereocenters. The van der Waals surface area contributed by atoms with Gasteiger partial charge >= 0.3 is 0 Å². The fourth-order valence-electron chi connectivity index (χ4n) is 4.19. The minimum atomic E-state index is -0.0344. The molecular weight excluding hydrogens is 388 g/mol. The van der Waals surface area contributed by atoms with E-state index in [1.165, 1.54) is 5.56 Å². The lowest BCUT2D eigenvalue weighted by molar-refractivity contribution is -0.121.